The lowest BCUT2D eigenvalue weighted by Crippen LogP contribution is -2.27. The van der Waals surface area contributed by atoms with E-state index < -0.39 is 0 Å². The lowest BCUT2D eigenvalue weighted by atomic mass is 9.88. The zero-order valence-electron chi connectivity index (χ0n) is 6.57. The molecule has 1 unspecified atom stereocenters. The molecule has 0 aromatic rings. The number of rotatable bonds is 2. The van der Waals surface area contributed by atoms with Crippen LogP contribution in [0, 0.1) is 5.41 Å². The van der Waals surface area contributed by atoms with Crippen molar-refractivity contribution in [2.24, 2.45) is 10.5 Å². The molecule has 4 nitrogen and oxygen atoms in total. The third-order valence-corrected chi connectivity index (χ3v) is 1.36. The summed E-state index contributed by atoms with van der Waals surface area (Å²) in [5.41, 5.74) is 7.93. The van der Waals surface area contributed by atoms with Gasteiger partial charge >= 0.3 is 0 Å². The maximum atomic E-state index is 8.73. The van der Waals surface area contributed by atoms with Crippen molar-refractivity contribution in [3.05, 3.63) is 10.4 Å². The van der Waals surface area contributed by atoms with E-state index in [1.807, 2.05) is 20.8 Å². The Balaban J connectivity index is -0.0000000675. The monoisotopic (exact) mass is 151 g/mol. The minimum Gasteiger partial charge on any atom is -0.396 e. The SMILES string of the molecule is CC(C)(C)C(CO)N=[N+]=[N-].[HH].[HH].[HH].[HH]. The molecule has 0 amide bonds. The average molecular weight is 151 g/mol. The predicted molar refractivity (Wildman–Crippen MR) is 47.9 cm³/mol. The van der Waals surface area contributed by atoms with E-state index in [4.69, 9.17) is 10.6 Å². The molecule has 0 aliphatic heterocycles. The van der Waals surface area contributed by atoms with Gasteiger partial charge in [-0.1, -0.05) is 25.9 Å². The van der Waals surface area contributed by atoms with Crippen molar-refractivity contribution in [1.82, 2.24) is 0 Å². The topological polar surface area (TPSA) is 69.0 Å². The van der Waals surface area contributed by atoms with E-state index in [0.717, 1.165) is 0 Å². The van der Waals surface area contributed by atoms with Gasteiger partial charge in [-0.25, -0.2) is 0 Å². The van der Waals surface area contributed by atoms with Crippen LogP contribution in [-0.4, -0.2) is 17.8 Å². The van der Waals surface area contributed by atoms with Crippen LogP contribution in [0.4, 0.5) is 0 Å². The molecule has 0 radical (unpaired) electrons. The molecule has 0 bridgehead atoms. The summed E-state index contributed by atoms with van der Waals surface area (Å²) >= 11 is 0. The fourth-order valence-corrected chi connectivity index (χ4v) is 0.546. The predicted octanol–water partition coefficient (Wildman–Crippen LogP) is 2.69. The molecule has 1 N–H and O–H groups in total. The normalized spacial score (nSPS) is 14.0. The van der Waals surface area contributed by atoms with Crippen molar-refractivity contribution in [1.29, 1.82) is 0 Å². The fourth-order valence-electron chi connectivity index (χ4n) is 0.546. The zero-order valence-corrected chi connectivity index (χ0v) is 6.57. The Hall–Kier alpha value is -0.730. The summed E-state index contributed by atoms with van der Waals surface area (Å²) in [6.07, 6.45) is 0. The van der Waals surface area contributed by atoms with Crippen molar-refractivity contribution in [2.75, 3.05) is 6.61 Å². The van der Waals surface area contributed by atoms with Gasteiger partial charge in [0.05, 0.1) is 12.6 Å². The highest BCUT2D eigenvalue weighted by Crippen LogP contribution is 2.21. The van der Waals surface area contributed by atoms with Gasteiger partial charge in [0.15, 0.2) is 0 Å². The van der Waals surface area contributed by atoms with Crippen LogP contribution in [0.25, 0.3) is 10.4 Å². The number of azide groups is 1. The Morgan fingerprint density at radius 1 is 1.70 bits per heavy atom. The highest BCUT2D eigenvalue weighted by atomic mass is 16.3. The molecule has 0 saturated carbocycles. The molecule has 0 fully saturated rings. The fraction of sp³-hybridized carbons (Fsp3) is 1.00. The smallest absolute Gasteiger partial charge is 0.0653 e. The highest BCUT2D eigenvalue weighted by Gasteiger charge is 2.21. The van der Waals surface area contributed by atoms with Crippen LogP contribution in [-0.2, 0) is 0 Å². The van der Waals surface area contributed by atoms with Crippen LogP contribution in [0.3, 0.4) is 0 Å². The molecule has 0 rings (SSSR count). The molecule has 0 spiro atoms. The summed E-state index contributed by atoms with van der Waals surface area (Å²) in [6.45, 7) is 5.67. The number of hydrogen-bond donors (Lipinski definition) is 1. The molecule has 0 saturated heterocycles. The second kappa shape index (κ2) is 3.44. The van der Waals surface area contributed by atoms with E-state index >= 15 is 0 Å². The quantitative estimate of drug-likeness (QED) is 0.368. The molecule has 0 heterocycles. The molecule has 0 aliphatic carbocycles. The first-order valence-electron chi connectivity index (χ1n) is 3.17. The van der Waals surface area contributed by atoms with E-state index in [2.05, 4.69) is 10.0 Å². The van der Waals surface area contributed by atoms with Crippen molar-refractivity contribution in [3.8, 4) is 0 Å². The summed E-state index contributed by atoms with van der Waals surface area (Å²) in [5, 5.41) is 12.2. The highest BCUT2D eigenvalue weighted by molar-refractivity contribution is 4.79. The van der Waals surface area contributed by atoms with E-state index in [1.165, 1.54) is 0 Å². The number of aliphatic hydroxyl groups excluding tert-OH is 1. The molecule has 10 heavy (non-hydrogen) atoms. The summed E-state index contributed by atoms with van der Waals surface area (Å²) < 4.78 is 0. The van der Waals surface area contributed by atoms with Crippen LogP contribution in [0.15, 0.2) is 5.11 Å². The van der Waals surface area contributed by atoms with Gasteiger partial charge in [-0.05, 0) is 10.9 Å². The molecule has 0 aliphatic rings. The zero-order chi connectivity index (χ0) is 8.20. The lowest BCUT2D eigenvalue weighted by molar-refractivity contribution is 0.189. The first kappa shape index (κ1) is 9.27. The Kier molecular flexibility index (Phi) is 3.19. The minimum atomic E-state index is -0.322. The van der Waals surface area contributed by atoms with Gasteiger partial charge in [0.2, 0.25) is 0 Å². The van der Waals surface area contributed by atoms with E-state index in [-0.39, 0.29) is 23.8 Å². The molecule has 1 atom stereocenters. The Morgan fingerprint density at radius 2 is 2.20 bits per heavy atom. The van der Waals surface area contributed by atoms with Crippen molar-refractivity contribution in [3.63, 3.8) is 0 Å². The van der Waals surface area contributed by atoms with Gasteiger partial charge in [0.1, 0.15) is 0 Å². The van der Waals surface area contributed by atoms with Crippen LogP contribution < -0.4 is 0 Å². The van der Waals surface area contributed by atoms with E-state index in [1.54, 1.807) is 0 Å². The molecule has 0 aromatic heterocycles. The molecular weight excluding hydrogens is 130 g/mol. The maximum Gasteiger partial charge on any atom is 0.0653 e. The van der Waals surface area contributed by atoms with Gasteiger partial charge in [-0.3, -0.25) is 0 Å². The number of aliphatic hydroxyl groups is 1. The third kappa shape index (κ3) is 2.71. The van der Waals surface area contributed by atoms with Crippen molar-refractivity contribution in [2.45, 2.75) is 26.8 Å². The van der Waals surface area contributed by atoms with Gasteiger partial charge < -0.3 is 5.11 Å². The summed E-state index contributed by atoms with van der Waals surface area (Å²) in [4.78, 5) is 2.64. The van der Waals surface area contributed by atoms with Gasteiger partial charge in [0.25, 0.3) is 0 Å². The Bertz CT molecular complexity index is 156. The van der Waals surface area contributed by atoms with Gasteiger partial charge in [0, 0.05) is 10.6 Å². The molecule has 66 valence electrons. The number of hydrogen-bond acceptors (Lipinski definition) is 2. The number of nitrogens with zero attached hydrogens (tertiary/aromatic N) is 3. The second-order valence-corrected chi connectivity index (χ2v) is 3.27. The van der Waals surface area contributed by atoms with Gasteiger partial charge in [-0.2, -0.15) is 0 Å². The minimum absolute atomic E-state index is 0. The van der Waals surface area contributed by atoms with Crippen molar-refractivity contribution >= 4 is 0 Å². The van der Waals surface area contributed by atoms with Crippen LogP contribution in [0.5, 0.6) is 0 Å². The standard InChI is InChI=1S/C6H13N3O.4H2/c1-6(2,3)5(4-10)8-9-7;;;;/h5,10H,4H2,1-3H3;4*1H. The first-order chi connectivity index (χ1) is 4.52. The van der Waals surface area contributed by atoms with E-state index in [0.29, 0.717) is 0 Å². The van der Waals surface area contributed by atoms with Crippen LogP contribution in [0.1, 0.15) is 26.5 Å². The Labute approximate surface area is 66.4 Å². The third-order valence-electron chi connectivity index (χ3n) is 1.36. The Morgan fingerprint density at radius 3 is 2.30 bits per heavy atom. The van der Waals surface area contributed by atoms with Crippen LogP contribution in [0.2, 0.25) is 0 Å². The summed E-state index contributed by atoms with van der Waals surface area (Å²) in [6, 6.07) is -0.322. The summed E-state index contributed by atoms with van der Waals surface area (Å²) in [7, 11) is 0. The largest absolute Gasteiger partial charge is 0.396 e. The van der Waals surface area contributed by atoms with Gasteiger partial charge in [-0.15, -0.1) is 0 Å². The second-order valence-electron chi connectivity index (χ2n) is 3.27. The summed E-state index contributed by atoms with van der Waals surface area (Å²) in [5.74, 6) is 0. The van der Waals surface area contributed by atoms with Crippen LogP contribution >= 0.6 is 0 Å². The molecular formula is C6H21N3O. The average Bonchev–Trinajstić information content (AvgIpc) is 1.80. The van der Waals surface area contributed by atoms with Crippen molar-refractivity contribution < 1.29 is 10.8 Å². The molecule has 4 heteroatoms. The first-order valence-corrected chi connectivity index (χ1v) is 3.17. The van der Waals surface area contributed by atoms with E-state index in [9.17, 15) is 0 Å². The molecule has 0 aromatic carbocycles. The maximum absolute atomic E-state index is 8.73. The lowest BCUT2D eigenvalue weighted by Gasteiger charge is -2.24.